The van der Waals surface area contributed by atoms with Gasteiger partial charge in [0.15, 0.2) is 5.71 Å². The number of rotatable bonds is 11. The van der Waals surface area contributed by atoms with E-state index in [1.54, 1.807) is 24.3 Å². The number of allylic oxidation sites excluding steroid dienone is 1. The van der Waals surface area contributed by atoms with Gasteiger partial charge in [0.05, 0.1) is 39.7 Å². The third-order valence-corrected chi connectivity index (χ3v) is 10.7. The van der Waals surface area contributed by atoms with Gasteiger partial charge in [-0.15, -0.1) is 10.2 Å². The van der Waals surface area contributed by atoms with Crippen molar-refractivity contribution in [1.29, 1.82) is 0 Å². The smallest absolute Gasteiger partial charge is 0.296 e. The van der Waals surface area contributed by atoms with Crippen LogP contribution in [0.1, 0.15) is 15.9 Å². The Balaban J connectivity index is 1.32. The summed E-state index contributed by atoms with van der Waals surface area (Å²) in [5, 5.41) is 22.6. The van der Waals surface area contributed by atoms with Gasteiger partial charge in [0.2, 0.25) is 5.78 Å². The first-order chi connectivity index (χ1) is 27.2. The quantitative estimate of drug-likeness (QED) is 0.0319. The van der Waals surface area contributed by atoms with E-state index in [2.05, 4.69) is 36.3 Å². The van der Waals surface area contributed by atoms with Crippen LogP contribution in [-0.4, -0.2) is 50.4 Å². The van der Waals surface area contributed by atoms with Crippen molar-refractivity contribution >= 4 is 110 Å². The van der Waals surface area contributed by atoms with E-state index in [4.69, 9.17) is 22.9 Å². The molecule has 0 aliphatic heterocycles. The summed E-state index contributed by atoms with van der Waals surface area (Å²) in [6, 6.07) is 20.8. The van der Waals surface area contributed by atoms with Crippen molar-refractivity contribution in [3.8, 4) is 0 Å². The number of Topliss-reactive ketones (excluding diaryl/α,β-unsaturated/α-hetero) is 1. The highest BCUT2D eigenvalue weighted by molar-refractivity contribution is 7.91. The zero-order valence-corrected chi connectivity index (χ0v) is 31.7. The van der Waals surface area contributed by atoms with E-state index in [1.165, 1.54) is 54.6 Å². The molecular weight excluding hydrogens is 819 g/mol. The second kappa shape index (κ2) is 15.4. The molecule has 0 saturated carbocycles. The minimum atomic E-state index is -5.28. The van der Waals surface area contributed by atoms with Gasteiger partial charge in [0, 0.05) is 17.1 Å². The van der Waals surface area contributed by atoms with Crippen LogP contribution in [0.2, 0.25) is 0 Å². The first-order valence-corrected chi connectivity index (χ1v) is 20.4. The van der Waals surface area contributed by atoms with E-state index in [9.17, 15) is 43.7 Å². The fourth-order valence-electron chi connectivity index (χ4n) is 5.32. The average Bonchev–Trinajstić information content (AvgIpc) is 3.14. The molecule has 0 atom stereocenters. The molecule has 0 saturated heterocycles. The Bertz CT molecular complexity index is 2970. The summed E-state index contributed by atoms with van der Waals surface area (Å²) in [5.41, 5.74) is 24.6. The van der Waals surface area contributed by atoms with Crippen molar-refractivity contribution < 1.29 is 43.7 Å². The number of benzene rings is 5. The molecule has 1 aliphatic rings. The Morgan fingerprint density at radius 2 is 1.17 bits per heavy atom. The zero-order chi connectivity index (χ0) is 42.2. The lowest BCUT2D eigenvalue weighted by molar-refractivity contribution is 0.106. The van der Waals surface area contributed by atoms with Gasteiger partial charge in [-0.1, -0.05) is 0 Å². The van der Waals surface area contributed by atoms with Crippen molar-refractivity contribution in [3.05, 3.63) is 107 Å². The summed E-state index contributed by atoms with van der Waals surface area (Å²) >= 11 is 0. The third-order valence-electron chi connectivity index (χ3n) is 8.04. The van der Waals surface area contributed by atoms with Crippen LogP contribution in [0, 0.1) is 0 Å². The van der Waals surface area contributed by atoms with Crippen LogP contribution in [0.5, 0.6) is 0 Å². The highest BCUT2D eigenvalue weighted by atomic mass is 32.2. The van der Waals surface area contributed by atoms with Gasteiger partial charge in [-0.05, 0) is 103 Å². The highest BCUT2D eigenvalue weighted by Crippen LogP contribution is 2.41. The van der Waals surface area contributed by atoms with Crippen LogP contribution >= 0.6 is 0 Å². The van der Waals surface area contributed by atoms with E-state index in [0.717, 1.165) is 6.07 Å². The molecule has 0 aromatic heterocycles. The largest absolute Gasteiger partial charge is 0.399 e. The number of nitrogens with zero attached hydrogens (tertiary/aromatic N) is 5. The molecule has 13 N–H and O–H groups in total. The zero-order valence-electron chi connectivity index (χ0n) is 29.2. The summed E-state index contributed by atoms with van der Waals surface area (Å²) < 4.78 is 105. The van der Waals surface area contributed by atoms with Crippen molar-refractivity contribution in [2.24, 2.45) is 25.6 Å². The van der Waals surface area contributed by atoms with Gasteiger partial charge >= 0.3 is 0 Å². The number of nitrogen functional groups attached to an aromatic ring is 4. The SMILES string of the molecule is Nc1ccc(N=Nc2c(S(=O)(=O)O)cc3c(c2N)C(=O)/C(=N/Nc2ccc(Nc4ccc(N=Nc5ccc(N)cc5N)cc4)c(S(=O)(=O)O)c2)C(S(=O)(=O)O)=C3)cc1. The third kappa shape index (κ3) is 8.96. The number of azo groups is 2. The summed E-state index contributed by atoms with van der Waals surface area (Å²) in [6.45, 7) is 0. The van der Waals surface area contributed by atoms with Crippen LogP contribution in [0.15, 0.2) is 131 Å². The number of nitrogens with one attached hydrogen (secondary N) is 2. The Kier molecular flexibility index (Phi) is 10.8. The second-order valence-electron chi connectivity index (χ2n) is 12.1. The molecule has 0 radical (unpaired) electrons. The van der Waals surface area contributed by atoms with Gasteiger partial charge in [0.1, 0.15) is 26.1 Å². The van der Waals surface area contributed by atoms with Gasteiger partial charge in [-0.2, -0.15) is 40.6 Å². The van der Waals surface area contributed by atoms with E-state index in [-0.39, 0.29) is 17.1 Å². The van der Waals surface area contributed by atoms with Crippen molar-refractivity contribution in [2.75, 3.05) is 33.7 Å². The number of nitrogens with two attached hydrogens (primary N) is 4. The summed E-state index contributed by atoms with van der Waals surface area (Å²) in [6.07, 6.45) is 0.676. The molecule has 58 heavy (non-hydrogen) atoms. The van der Waals surface area contributed by atoms with Gasteiger partial charge in [-0.3, -0.25) is 23.9 Å². The standard InChI is InChI=1S/C34H29N11O10S3/c35-18-1-4-21(5-2-18)41-44-32-28(57(50,51)52)13-17-14-29(58(53,54)55)33(34(46)30(17)31(32)38)45-42-23-10-12-26(27(16-23)56(47,48)49)39-20-6-8-22(9-7-20)40-43-25-11-3-19(36)15-24(25)37/h1-16,39,42H,35-38H2,(H,47,48,49)(H,50,51,52)(H,53,54,55)/b43-40?,44-41?,45-33+. The molecule has 6 rings (SSSR count). The maximum absolute atomic E-state index is 13.9. The molecule has 298 valence electrons. The van der Waals surface area contributed by atoms with Crippen LogP contribution in [0.4, 0.5) is 62.6 Å². The van der Waals surface area contributed by atoms with E-state index < -0.39 is 79.0 Å². The Labute approximate surface area is 329 Å². The second-order valence-corrected chi connectivity index (χ2v) is 16.3. The number of hydrogen-bond donors (Lipinski definition) is 9. The number of fused-ring (bicyclic) bond motifs is 1. The molecule has 0 fully saturated rings. The monoisotopic (exact) mass is 847 g/mol. The highest BCUT2D eigenvalue weighted by Gasteiger charge is 2.37. The van der Waals surface area contributed by atoms with E-state index in [1.807, 2.05) is 0 Å². The Morgan fingerprint density at radius 1 is 0.586 bits per heavy atom. The number of carbonyl (C=O) groups is 1. The molecular formula is C34H29N11O10S3. The molecule has 5 aromatic rings. The van der Waals surface area contributed by atoms with E-state index >= 15 is 0 Å². The Hall–Kier alpha value is -7.09. The molecule has 24 heteroatoms. The van der Waals surface area contributed by atoms with Gasteiger partial charge in [0.25, 0.3) is 30.4 Å². The van der Waals surface area contributed by atoms with Crippen LogP contribution in [0.25, 0.3) is 6.08 Å². The number of hydrazone groups is 1. The summed E-state index contributed by atoms with van der Waals surface area (Å²) in [4.78, 5) is 11.1. The summed E-state index contributed by atoms with van der Waals surface area (Å²) in [5.74, 6) is -1.27. The maximum Gasteiger partial charge on any atom is 0.296 e. The van der Waals surface area contributed by atoms with Crippen molar-refractivity contribution in [2.45, 2.75) is 9.79 Å². The van der Waals surface area contributed by atoms with Gasteiger partial charge < -0.3 is 28.3 Å². The first kappa shape index (κ1) is 40.6. The molecule has 1 aliphatic carbocycles. The van der Waals surface area contributed by atoms with Gasteiger partial charge in [-0.25, -0.2) is 0 Å². The number of ketones is 1. The lowest BCUT2D eigenvalue weighted by Gasteiger charge is -2.20. The van der Waals surface area contributed by atoms with Crippen LogP contribution in [-0.2, 0) is 30.4 Å². The molecule has 0 unspecified atom stereocenters. The van der Waals surface area contributed by atoms with Crippen LogP contribution < -0.4 is 33.7 Å². The Morgan fingerprint density at radius 3 is 1.78 bits per heavy atom. The lowest BCUT2D eigenvalue weighted by Crippen LogP contribution is -2.28. The minimum absolute atomic E-state index is 0.117. The van der Waals surface area contributed by atoms with Crippen LogP contribution in [0.3, 0.4) is 0 Å². The fourth-order valence-corrected chi connectivity index (χ4v) is 7.32. The molecule has 0 amide bonds. The number of carbonyl (C=O) groups excluding carboxylic acids is 1. The first-order valence-electron chi connectivity index (χ1n) is 16.0. The average molecular weight is 848 g/mol. The predicted molar refractivity (Wildman–Crippen MR) is 216 cm³/mol. The maximum atomic E-state index is 13.9. The fraction of sp³-hybridized carbons (Fsp3) is 0. The number of hydrogen-bond acceptors (Lipinski definition) is 18. The topological polar surface area (TPSA) is 370 Å². The molecule has 0 bridgehead atoms. The lowest BCUT2D eigenvalue weighted by atomic mass is 9.92. The van der Waals surface area contributed by atoms with E-state index in [0.29, 0.717) is 46.3 Å². The molecule has 21 nitrogen and oxygen atoms in total. The molecule has 0 heterocycles. The number of anilines is 7. The van der Waals surface area contributed by atoms with Crippen molar-refractivity contribution in [3.63, 3.8) is 0 Å². The molecule has 0 spiro atoms. The predicted octanol–water partition coefficient (Wildman–Crippen LogP) is 5.98. The minimum Gasteiger partial charge on any atom is -0.399 e. The van der Waals surface area contributed by atoms with Crippen molar-refractivity contribution in [1.82, 2.24) is 0 Å². The molecule has 5 aromatic carbocycles. The normalized spacial score (nSPS) is 14.2. The summed E-state index contributed by atoms with van der Waals surface area (Å²) in [7, 11) is -15.3.